The van der Waals surface area contributed by atoms with Gasteiger partial charge in [0, 0.05) is 18.5 Å². The van der Waals surface area contributed by atoms with Crippen molar-refractivity contribution in [3.05, 3.63) is 0 Å². The van der Waals surface area contributed by atoms with Gasteiger partial charge < -0.3 is 32.1 Å². The molecule has 0 saturated heterocycles. The predicted octanol–water partition coefficient (Wildman–Crippen LogP) is 5.83. The van der Waals surface area contributed by atoms with Crippen molar-refractivity contribution < 1.29 is 9.90 Å². The van der Waals surface area contributed by atoms with Gasteiger partial charge in [-0.25, -0.2) is 0 Å². The first-order chi connectivity index (χ1) is 22.2. The van der Waals surface area contributed by atoms with E-state index in [9.17, 15) is 9.90 Å². The minimum Gasteiger partial charge on any atom is -0.393 e. The fourth-order valence-electron chi connectivity index (χ4n) is 12.1. The molecule has 7 N–H and O–H groups in total. The molecule has 5 saturated carbocycles. The third-order valence-electron chi connectivity index (χ3n) is 14.7. The van der Waals surface area contributed by atoms with Gasteiger partial charge in [0.2, 0.25) is 5.91 Å². The molecule has 5 aliphatic rings. The van der Waals surface area contributed by atoms with Crippen molar-refractivity contribution in [3.63, 3.8) is 0 Å². The van der Waals surface area contributed by atoms with E-state index in [4.69, 9.17) is 11.5 Å². The van der Waals surface area contributed by atoms with Gasteiger partial charge in [0.05, 0.1) is 6.10 Å². The normalized spacial score (nSPS) is 38.6. The largest absolute Gasteiger partial charge is 0.393 e. The zero-order valence-corrected chi connectivity index (χ0v) is 30.1. The Morgan fingerprint density at radius 1 is 0.848 bits per heavy atom. The Bertz CT molecular complexity index is 935. The van der Waals surface area contributed by atoms with Crippen LogP contribution in [0.1, 0.15) is 136 Å². The lowest BCUT2D eigenvalue weighted by molar-refractivity contribution is -0.167. The molecular weight excluding hydrogens is 570 g/mol. The third-order valence-corrected chi connectivity index (χ3v) is 14.7. The standard InChI is InChI=1S/C39H73N5O2/c1-28(12-15-36(46)43-30-10-5-4-6-11-30)32-13-14-33-37-34(17-19-39(32,33)3)38(2)18-16-31(26-29(38)27-35(37)45)42-22-9-25-44(23-7-20-40)24-8-21-41/h28-35,37,42,45H,4-27,40-41H2,1-3H3,(H,43,46)/t28-,29?,31+,32?,33?,34?,35-,37?,38+,39-/m1/s1. The molecule has 0 aromatic heterocycles. The molecule has 5 rings (SSSR count). The number of carbonyl (C=O) groups is 1. The Morgan fingerprint density at radius 3 is 2.24 bits per heavy atom. The van der Waals surface area contributed by atoms with E-state index in [2.05, 4.69) is 36.3 Å². The van der Waals surface area contributed by atoms with Crippen LogP contribution in [-0.4, -0.2) is 73.4 Å². The lowest BCUT2D eigenvalue weighted by Gasteiger charge is -2.62. The number of fused-ring (bicyclic) bond motifs is 5. The number of carbonyl (C=O) groups excluding carboxylic acids is 1. The number of rotatable bonds is 16. The Hall–Kier alpha value is -0.730. The molecule has 1 amide bonds. The molecule has 0 spiro atoms. The molecule has 0 aromatic carbocycles. The number of nitrogens with two attached hydrogens (primary N) is 2. The first-order valence-electron chi connectivity index (χ1n) is 20.0. The van der Waals surface area contributed by atoms with Crippen LogP contribution in [-0.2, 0) is 4.79 Å². The second kappa shape index (κ2) is 16.8. The van der Waals surface area contributed by atoms with Crippen LogP contribution in [0, 0.1) is 46.3 Å². The van der Waals surface area contributed by atoms with Crippen molar-refractivity contribution in [2.45, 2.75) is 155 Å². The molecular formula is C39H73N5O2. The Balaban J connectivity index is 1.11. The number of hydrogen-bond donors (Lipinski definition) is 5. The van der Waals surface area contributed by atoms with Crippen molar-refractivity contribution in [3.8, 4) is 0 Å². The molecule has 0 aliphatic heterocycles. The van der Waals surface area contributed by atoms with Gasteiger partial charge in [-0.15, -0.1) is 0 Å². The second-order valence-electron chi connectivity index (χ2n) is 17.3. The summed E-state index contributed by atoms with van der Waals surface area (Å²) in [6, 6.07) is 1.00. The lowest BCUT2D eigenvalue weighted by atomic mass is 9.43. The molecule has 0 aromatic rings. The average Bonchev–Trinajstić information content (AvgIpc) is 3.41. The highest BCUT2D eigenvalue weighted by Crippen LogP contribution is 2.68. The maximum atomic E-state index is 12.8. The Morgan fingerprint density at radius 2 is 1.52 bits per heavy atom. The molecule has 5 unspecified atom stereocenters. The molecule has 46 heavy (non-hydrogen) atoms. The van der Waals surface area contributed by atoms with E-state index >= 15 is 0 Å². The predicted molar refractivity (Wildman–Crippen MR) is 190 cm³/mol. The number of amides is 1. The van der Waals surface area contributed by atoms with E-state index in [1.54, 1.807) is 0 Å². The van der Waals surface area contributed by atoms with Crippen molar-refractivity contribution in [1.82, 2.24) is 15.5 Å². The van der Waals surface area contributed by atoms with Gasteiger partial charge in [-0.05, 0) is 175 Å². The third kappa shape index (κ3) is 8.34. The van der Waals surface area contributed by atoms with Gasteiger partial charge in [-0.2, -0.15) is 0 Å². The zero-order chi connectivity index (χ0) is 32.7. The van der Waals surface area contributed by atoms with Crippen LogP contribution in [0.15, 0.2) is 0 Å². The summed E-state index contributed by atoms with van der Waals surface area (Å²) in [7, 11) is 0. The molecule has 0 radical (unpaired) electrons. The summed E-state index contributed by atoms with van der Waals surface area (Å²) in [5.41, 5.74) is 12.2. The van der Waals surface area contributed by atoms with Crippen LogP contribution in [0.4, 0.5) is 0 Å². The van der Waals surface area contributed by atoms with Crippen molar-refractivity contribution >= 4 is 5.91 Å². The van der Waals surface area contributed by atoms with Crippen LogP contribution in [0.3, 0.4) is 0 Å². The fourth-order valence-corrected chi connectivity index (χ4v) is 12.1. The van der Waals surface area contributed by atoms with E-state index in [0.29, 0.717) is 64.8 Å². The van der Waals surface area contributed by atoms with E-state index < -0.39 is 0 Å². The average molecular weight is 644 g/mol. The number of aliphatic hydroxyl groups excluding tert-OH is 1. The van der Waals surface area contributed by atoms with Crippen molar-refractivity contribution in [1.29, 1.82) is 0 Å². The van der Waals surface area contributed by atoms with Gasteiger partial charge in [-0.3, -0.25) is 4.79 Å². The van der Waals surface area contributed by atoms with E-state index in [1.807, 2.05) is 0 Å². The van der Waals surface area contributed by atoms with E-state index in [1.165, 1.54) is 70.6 Å². The van der Waals surface area contributed by atoms with E-state index in [-0.39, 0.29) is 12.0 Å². The summed E-state index contributed by atoms with van der Waals surface area (Å²) < 4.78 is 0. The van der Waals surface area contributed by atoms with Crippen LogP contribution >= 0.6 is 0 Å². The number of aliphatic hydroxyl groups is 1. The van der Waals surface area contributed by atoms with Gasteiger partial charge in [0.15, 0.2) is 0 Å². The first-order valence-corrected chi connectivity index (χ1v) is 20.0. The maximum Gasteiger partial charge on any atom is 0.220 e. The van der Waals surface area contributed by atoms with Gasteiger partial charge in [0.1, 0.15) is 0 Å². The molecule has 5 aliphatic carbocycles. The van der Waals surface area contributed by atoms with Crippen LogP contribution in [0.25, 0.3) is 0 Å². The smallest absolute Gasteiger partial charge is 0.220 e. The number of hydrogen-bond acceptors (Lipinski definition) is 6. The minimum atomic E-state index is -0.152. The van der Waals surface area contributed by atoms with E-state index in [0.717, 1.165) is 77.8 Å². The molecule has 7 heteroatoms. The monoisotopic (exact) mass is 644 g/mol. The maximum absolute atomic E-state index is 12.8. The first kappa shape index (κ1) is 36.5. The summed E-state index contributed by atoms with van der Waals surface area (Å²) >= 11 is 0. The highest BCUT2D eigenvalue weighted by Gasteiger charge is 2.62. The number of nitrogens with one attached hydrogen (secondary N) is 2. The number of nitrogens with zero attached hydrogens (tertiary/aromatic N) is 1. The topological polar surface area (TPSA) is 117 Å². The Labute approximate surface area is 282 Å². The summed E-state index contributed by atoms with van der Waals surface area (Å²) in [4.78, 5) is 15.4. The van der Waals surface area contributed by atoms with Gasteiger partial charge >= 0.3 is 0 Å². The molecule has 266 valence electrons. The summed E-state index contributed by atoms with van der Waals surface area (Å²) in [5.74, 6) is 3.92. The zero-order valence-electron chi connectivity index (χ0n) is 30.1. The summed E-state index contributed by atoms with van der Waals surface area (Å²) in [6.45, 7) is 13.5. The minimum absolute atomic E-state index is 0.152. The van der Waals surface area contributed by atoms with Crippen molar-refractivity contribution in [2.24, 2.45) is 57.8 Å². The molecule has 5 fully saturated rings. The van der Waals surface area contributed by atoms with Gasteiger partial charge in [0.25, 0.3) is 0 Å². The lowest BCUT2D eigenvalue weighted by Crippen LogP contribution is -2.59. The fraction of sp³-hybridized carbons (Fsp3) is 0.974. The summed E-state index contributed by atoms with van der Waals surface area (Å²) in [6.07, 6.45) is 21.0. The highest BCUT2D eigenvalue weighted by molar-refractivity contribution is 5.76. The SMILES string of the molecule is C[C@H](CCC(=O)NC1CCCCC1)C1CCC2C3C(CC[C@@]21C)[C@@]1(C)CC[C@H](NCCCN(CCCN)CCCN)CC1C[C@H]3O. The Kier molecular flexibility index (Phi) is 13.3. The summed E-state index contributed by atoms with van der Waals surface area (Å²) in [5, 5.41) is 19.2. The molecule has 7 nitrogen and oxygen atoms in total. The molecule has 0 bridgehead atoms. The molecule has 10 atom stereocenters. The van der Waals surface area contributed by atoms with Crippen LogP contribution in [0.2, 0.25) is 0 Å². The van der Waals surface area contributed by atoms with Crippen molar-refractivity contribution in [2.75, 3.05) is 39.3 Å². The van der Waals surface area contributed by atoms with Crippen LogP contribution in [0.5, 0.6) is 0 Å². The van der Waals surface area contributed by atoms with Gasteiger partial charge in [-0.1, -0.05) is 40.0 Å². The highest BCUT2D eigenvalue weighted by atomic mass is 16.3. The van der Waals surface area contributed by atoms with Crippen LogP contribution < -0.4 is 22.1 Å². The second-order valence-corrected chi connectivity index (χ2v) is 17.3. The molecule has 0 heterocycles. The quantitative estimate of drug-likeness (QED) is 0.135.